The number of thiazole rings is 1. The minimum atomic E-state index is -1.35. The zero-order valence-electron chi connectivity index (χ0n) is 35.1. The second kappa shape index (κ2) is 20.7. The van der Waals surface area contributed by atoms with Gasteiger partial charge in [0.25, 0.3) is 11.8 Å². The molecule has 15 nitrogen and oxygen atoms in total. The van der Waals surface area contributed by atoms with Crippen LogP contribution < -0.4 is 15.4 Å². The van der Waals surface area contributed by atoms with Gasteiger partial charge in [-0.25, -0.2) is 19.4 Å². The van der Waals surface area contributed by atoms with E-state index in [2.05, 4.69) is 20.8 Å². The second-order valence-corrected chi connectivity index (χ2v) is 18.5. The van der Waals surface area contributed by atoms with Gasteiger partial charge >= 0.3 is 18.0 Å². The molecular weight excluding hydrogens is 894 g/mol. The smallest absolute Gasteiger partial charge is 0.413 e. The van der Waals surface area contributed by atoms with Crippen molar-refractivity contribution in [1.29, 1.82) is 0 Å². The van der Waals surface area contributed by atoms with Crippen molar-refractivity contribution in [2.75, 3.05) is 24.1 Å². The van der Waals surface area contributed by atoms with E-state index >= 15 is 0 Å². The van der Waals surface area contributed by atoms with Crippen LogP contribution in [0.25, 0.3) is 0 Å². The molecule has 1 saturated heterocycles. The molecule has 19 heteroatoms. The first kappa shape index (κ1) is 46.9. The number of rotatable bonds is 16. The summed E-state index contributed by atoms with van der Waals surface area (Å²) in [5.74, 6) is -2.77. The maximum absolute atomic E-state index is 14.3. The highest BCUT2D eigenvalue weighted by atomic mass is 35.5. The van der Waals surface area contributed by atoms with E-state index < -0.39 is 70.7 Å². The SMILES string of the molecule is COc1ccc(COC(=O)C2=C(CCl)CSC3C(NC(=O)/C(=N\O[C@@H](C(=O)OC(c4ccccc4)c4ccccc4)C(C)C)c4nc(NC(=O)OC(C)(C)C)sc4Cl)C(=O)N23)cc1. The van der Waals surface area contributed by atoms with Crippen LogP contribution in [0.5, 0.6) is 5.75 Å². The minimum absolute atomic E-state index is 0.00186. The fraction of sp³-hybridized carbons (Fsp3) is 0.341. The molecule has 3 amide bonds. The van der Waals surface area contributed by atoms with Crippen LogP contribution in [0, 0.1) is 5.92 Å². The van der Waals surface area contributed by atoms with Crippen LogP contribution in [0.1, 0.15) is 63.1 Å². The van der Waals surface area contributed by atoms with Crippen LogP contribution in [0.15, 0.2) is 101 Å². The molecule has 2 N–H and O–H groups in total. The number of nitrogens with one attached hydrogen (secondary N) is 2. The lowest BCUT2D eigenvalue weighted by atomic mass is 10.0. The molecule has 0 spiro atoms. The van der Waals surface area contributed by atoms with E-state index in [1.54, 1.807) is 66.0 Å². The number of β-lactam (4-membered cyclic amide) rings is 1. The van der Waals surface area contributed by atoms with Crippen molar-refractivity contribution in [3.63, 3.8) is 0 Å². The van der Waals surface area contributed by atoms with E-state index in [9.17, 15) is 24.0 Å². The Balaban J connectivity index is 1.25. The van der Waals surface area contributed by atoms with Crippen LogP contribution in [-0.2, 0) is 44.8 Å². The predicted octanol–water partition coefficient (Wildman–Crippen LogP) is 7.87. The molecule has 0 aliphatic carbocycles. The number of methoxy groups -OCH3 is 1. The Bertz CT molecular complexity index is 2330. The summed E-state index contributed by atoms with van der Waals surface area (Å²) in [6.45, 7) is 8.40. The van der Waals surface area contributed by atoms with Crippen LogP contribution >= 0.6 is 46.3 Å². The van der Waals surface area contributed by atoms with E-state index in [4.69, 9.17) is 47.0 Å². The first-order chi connectivity index (χ1) is 30.1. The number of carbonyl (C=O) groups is 5. The predicted molar refractivity (Wildman–Crippen MR) is 240 cm³/mol. The van der Waals surface area contributed by atoms with Crippen molar-refractivity contribution in [3.8, 4) is 5.75 Å². The molecule has 2 unspecified atom stereocenters. The molecular formula is C44H45Cl2N5O10S2. The summed E-state index contributed by atoms with van der Waals surface area (Å²) >= 11 is 15.0. The van der Waals surface area contributed by atoms with Crippen molar-refractivity contribution >= 4 is 87.0 Å². The molecule has 2 aliphatic heterocycles. The summed E-state index contributed by atoms with van der Waals surface area (Å²) < 4.78 is 22.1. The van der Waals surface area contributed by atoms with Crippen LogP contribution in [0.2, 0.25) is 4.34 Å². The number of esters is 2. The summed E-state index contributed by atoms with van der Waals surface area (Å²) in [5.41, 5.74) is 1.03. The molecule has 2 aliphatic rings. The number of ether oxygens (including phenoxy) is 4. The normalized spacial score (nSPS) is 16.8. The Hall–Kier alpha value is -5.62. The van der Waals surface area contributed by atoms with E-state index in [1.807, 2.05) is 60.7 Å². The first-order valence-corrected chi connectivity index (χ1v) is 22.4. The lowest BCUT2D eigenvalue weighted by Crippen LogP contribution is -2.71. The van der Waals surface area contributed by atoms with Gasteiger partial charge in [-0.1, -0.05) is 115 Å². The Morgan fingerprint density at radius 3 is 2.17 bits per heavy atom. The van der Waals surface area contributed by atoms with Gasteiger partial charge in [-0.15, -0.1) is 23.4 Å². The fourth-order valence-corrected chi connectivity index (χ4v) is 9.03. The quantitative estimate of drug-likeness (QED) is 0.0277. The van der Waals surface area contributed by atoms with Crippen LogP contribution in [-0.4, -0.2) is 87.3 Å². The average molecular weight is 939 g/mol. The molecule has 63 heavy (non-hydrogen) atoms. The Morgan fingerprint density at radius 2 is 1.60 bits per heavy atom. The number of oxime groups is 1. The number of nitrogens with zero attached hydrogens (tertiary/aromatic N) is 3. The summed E-state index contributed by atoms with van der Waals surface area (Å²) in [6, 6.07) is 24.1. The number of hydrogen-bond donors (Lipinski definition) is 2. The van der Waals surface area contributed by atoms with Gasteiger partial charge in [-0.2, -0.15) is 0 Å². The maximum atomic E-state index is 14.3. The largest absolute Gasteiger partial charge is 0.497 e. The fourth-order valence-electron chi connectivity index (χ4n) is 6.32. The average Bonchev–Trinajstić information content (AvgIpc) is 3.62. The van der Waals surface area contributed by atoms with Gasteiger partial charge in [0.15, 0.2) is 16.9 Å². The van der Waals surface area contributed by atoms with Crippen molar-refractivity contribution in [3.05, 3.63) is 123 Å². The third-order valence-electron chi connectivity index (χ3n) is 9.38. The van der Waals surface area contributed by atoms with Crippen LogP contribution in [0.4, 0.5) is 9.93 Å². The van der Waals surface area contributed by atoms with Crippen molar-refractivity contribution in [2.45, 2.75) is 70.5 Å². The number of fused-ring (bicyclic) bond motifs is 1. The summed E-state index contributed by atoms with van der Waals surface area (Å²) in [4.78, 5) is 79.8. The third kappa shape index (κ3) is 11.5. The summed E-state index contributed by atoms with van der Waals surface area (Å²) in [6.07, 6.45) is -2.98. The Morgan fingerprint density at radius 1 is 0.968 bits per heavy atom. The molecule has 3 aromatic carbocycles. The summed E-state index contributed by atoms with van der Waals surface area (Å²) in [5, 5.41) is 8.56. The lowest BCUT2D eigenvalue weighted by Gasteiger charge is -2.49. The molecule has 3 atom stereocenters. The molecule has 1 aromatic heterocycles. The highest BCUT2D eigenvalue weighted by Crippen LogP contribution is 2.41. The molecule has 4 aromatic rings. The van der Waals surface area contributed by atoms with Gasteiger partial charge in [0, 0.05) is 17.6 Å². The number of anilines is 1. The molecule has 3 heterocycles. The number of amides is 3. The van der Waals surface area contributed by atoms with Gasteiger partial charge in [0.05, 0.1) is 7.11 Å². The molecule has 332 valence electrons. The number of aromatic nitrogens is 1. The number of hydrogen-bond acceptors (Lipinski definition) is 14. The minimum Gasteiger partial charge on any atom is -0.497 e. The van der Waals surface area contributed by atoms with Gasteiger partial charge in [-0.3, -0.25) is 19.8 Å². The summed E-state index contributed by atoms with van der Waals surface area (Å²) in [7, 11) is 1.54. The Kier molecular flexibility index (Phi) is 15.4. The molecule has 0 saturated carbocycles. The standard InChI is InChI=1S/C44H45Cl2N5O10S2/c1-24(2)34(41(55)59-35(26-13-9-7-10-14-26)27-15-11-8-12-16-27)61-50-31(30-36(46)63-42(48-30)49-43(56)60-44(3,4)5)37(52)47-32-38(53)51-33(28(21-45)23-62-39(32)51)40(54)58-22-25-17-19-29(57-6)20-18-25/h7-20,24,32,34-35,39H,21-23H2,1-6H3,(H,47,52)(H,48,49,56)/b50-31-/t32?,34-,39?/m1/s1. The van der Waals surface area contributed by atoms with Crippen molar-refractivity contribution in [2.24, 2.45) is 11.1 Å². The van der Waals surface area contributed by atoms with E-state index in [1.165, 1.54) is 16.7 Å². The molecule has 1 fully saturated rings. The highest BCUT2D eigenvalue weighted by Gasteiger charge is 2.55. The number of benzene rings is 3. The number of halogens is 2. The van der Waals surface area contributed by atoms with E-state index in [-0.39, 0.29) is 39.1 Å². The van der Waals surface area contributed by atoms with Crippen LogP contribution in [0.3, 0.4) is 0 Å². The van der Waals surface area contributed by atoms with E-state index in [0.717, 1.165) is 11.3 Å². The zero-order valence-corrected chi connectivity index (χ0v) is 38.2. The third-order valence-corrected chi connectivity index (χ3v) is 12.2. The van der Waals surface area contributed by atoms with Crippen molar-refractivity contribution in [1.82, 2.24) is 15.2 Å². The van der Waals surface area contributed by atoms with Gasteiger partial charge in [0.2, 0.25) is 6.10 Å². The number of carbonyl (C=O) groups excluding carboxylic acids is 5. The molecule has 0 bridgehead atoms. The first-order valence-electron chi connectivity index (χ1n) is 19.6. The maximum Gasteiger partial charge on any atom is 0.413 e. The topological polar surface area (TPSA) is 184 Å². The van der Waals surface area contributed by atoms with Gasteiger partial charge in [0.1, 0.15) is 45.1 Å². The second-order valence-electron chi connectivity index (χ2n) is 15.5. The highest BCUT2D eigenvalue weighted by molar-refractivity contribution is 8.00. The van der Waals surface area contributed by atoms with Crippen molar-refractivity contribution < 1.29 is 47.8 Å². The zero-order chi connectivity index (χ0) is 45.4. The number of alkyl halides is 1. The number of thioether (sulfide) groups is 1. The molecule has 0 radical (unpaired) electrons. The van der Waals surface area contributed by atoms with Gasteiger partial charge < -0.3 is 29.1 Å². The monoisotopic (exact) mass is 937 g/mol. The molecule has 6 rings (SSSR count). The van der Waals surface area contributed by atoms with Gasteiger partial charge in [-0.05, 0) is 55.2 Å². The van der Waals surface area contributed by atoms with E-state index in [0.29, 0.717) is 28.0 Å². The Labute approximate surface area is 382 Å². The lowest BCUT2D eigenvalue weighted by molar-refractivity contribution is -0.164.